The highest BCUT2D eigenvalue weighted by atomic mass is 127. The molecule has 0 amide bonds. The van der Waals surface area contributed by atoms with Crippen LogP contribution in [0.5, 0.6) is 0 Å². The maximum atomic E-state index is 4.91. The van der Waals surface area contributed by atoms with Crippen molar-refractivity contribution in [3.8, 4) is 0 Å². The molecule has 1 unspecified atom stereocenters. The van der Waals surface area contributed by atoms with Crippen molar-refractivity contribution in [1.29, 1.82) is 0 Å². The highest BCUT2D eigenvalue weighted by Gasteiger charge is 2.18. The lowest BCUT2D eigenvalue weighted by Crippen LogP contribution is -2.40. The number of aryl methyl sites for hydroxylation is 1. The summed E-state index contributed by atoms with van der Waals surface area (Å²) in [6.07, 6.45) is 2.55. The number of hydrogen-bond donors (Lipinski definition) is 1. The van der Waals surface area contributed by atoms with E-state index in [9.17, 15) is 0 Å². The van der Waals surface area contributed by atoms with Gasteiger partial charge in [-0.2, -0.15) is 0 Å². The lowest BCUT2D eigenvalue weighted by molar-refractivity contribution is 0.305. The molecule has 0 spiro atoms. The summed E-state index contributed by atoms with van der Waals surface area (Å²) >= 11 is 0. The van der Waals surface area contributed by atoms with Gasteiger partial charge in [-0.15, -0.1) is 24.0 Å². The number of benzene rings is 1. The van der Waals surface area contributed by atoms with Crippen LogP contribution in [0.2, 0.25) is 0 Å². The summed E-state index contributed by atoms with van der Waals surface area (Å²) in [5.74, 6) is 1.07. The van der Waals surface area contributed by atoms with Gasteiger partial charge in [-0.05, 0) is 46.3 Å². The molecular weight excluding hydrogens is 399 g/mol. The van der Waals surface area contributed by atoms with E-state index < -0.39 is 0 Å². The molecule has 1 saturated heterocycles. The molecule has 1 aliphatic heterocycles. The van der Waals surface area contributed by atoms with E-state index in [0.717, 1.165) is 32.1 Å². The van der Waals surface area contributed by atoms with Crippen LogP contribution in [0.3, 0.4) is 0 Å². The molecule has 0 radical (unpaired) electrons. The zero-order chi connectivity index (χ0) is 15.9. The van der Waals surface area contributed by atoms with Crippen LogP contribution in [0.1, 0.15) is 36.9 Å². The normalized spacial score (nSPS) is 16.4. The van der Waals surface area contributed by atoms with E-state index in [1.54, 1.807) is 0 Å². The Kier molecular flexibility index (Phi) is 8.91. The Morgan fingerprint density at radius 3 is 2.35 bits per heavy atom. The number of halogens is 1. The standard InChI is InChI=1S/C18H30N4.HI/c1-5-19-18(22-12-6-7-13-22)20-14-17(21(3)4)16-10-8-15(2)9-11-16;/h8-11,17H,5-7,12-14H2,1-4H3,(H,19,20);1H. The molecule has 1 N–H and O–H groups in total. The zero-order valence-electron chi connectivity index (χ0n) is 14.9. The average molecular weight is 430 g/mol. The molecule has 1 aliphatic rings. The minimum atomic E-state index is 0. The number of rotatable bonds is 5. The molecule has 1 atom stereocenters. The largest absolute Gasteiger partial charge is 0.357 e. The number of likely N-dealkylation sites (N-methyl/N-ethyl adjacent to an activating group) is 1. The molecule has 130 valence electrons. The fourth-order valence-electron chi connectivity index (χ4n) is 2.88. The molecule has 23 heavy (non-hydrogen) atoms. The highest BCUT2D eigenvalue weighted by Crippen LogP contribution is 2.19. The van der Waals surface area contributed by atoms with Gasteiger partial charge in [0.05, 0.1) is 12.6 Å². The van der Waals surface area contributed by atoms with Crippen molar-refractivity contribution in [3.63, 3.8) is 0 Å². The second-order valence-corrected chi connectivity index (χ2v) is 6.28. The van der Waals surface area contributed by atoms with Crippen molar-refractivity contribution in [3.05, 3.63) is 35.4 Å². The van der Waals surface area contributed by atoms with Crippen LogP contribution < -0.4 is 5.32 Å². The zero-order valence-corrected chi connectivity index (χ0v) is 17.2. The summed E-state index contributed by atoms with van der Waals surface area (Å²) in [4.78, 5) is 9.54. The minimum absolute atomic E-state index is 0. The Hall–Kier alpha value is -0.820. The lowest BCUT2D eigenvalue weighted by Gasteiger charge is -2.26. The van der Waals surface area contributed by atoms with Gasteiger partial charge < -0.3 is 15.1 Å². The molecule has 2 rings (SSSR count). The third-order valence-electron chi connectivity index (χ3n) is 4.24. The second-order valence-electron chi connectivity index (χ2n) is 6.28. The Morgan fingerprint density at radius 2 is 1.83 bits per heavy atom. The van der Waals surface area contributed by atoms with Gasteiger partial charge >= 0.3 is 0 Å². The van der Waals surface area contributed by atoms with Gasteiger partial charge in [0.2, 0.25) is 0 Å². The van der Waals surface area contributed by atoms with Crippen LogP contribution in [0, 0.1) is 6.92 Å². The van der Waals surface area contributed by atoms with Crippen molar-refractivity contribution >= 4 is 29.9 Å². The van der Waals surface area contributed by atoms with Gasteiger partial charge in [0.25, 0.3) is 0 Å². The number of guanidine groups is 1. The summed E-state index contributed by atoms with van der Waals surface area (Å²) in [5.41, 5.74) is 2.63. The first kappa shape index (κ1) is 20.2. The second kappa shape index (κ2) is 10.1. The number of aliphatic imine (C=N–C) groups is 1. The van der Waals surface area contributed by atoms with Gasteiger partial charge in [0.15, 0.2) is 5.96 Å². The fourth-order valence-corrected chi connectivity index (χ4v) is 2.88. The summed E-state index contributed by atoms with van der Waals surface area (Å²) in [7, 11) is 4.26. The first-order chi connectivity index (χ1) is 10.6. The Bertz CT molecular complexity index is 478. The third-order valence-corrected chi connectivity index (χ3v) is 4.24. The minimum Gasteiger partial charge on any atom is -0.357 e. The Morgan fingerprint density at radius 1 is 1.22 bits per heavy atom. The molecule has 0 aliphatic carbocycles. The van der Waals surface area contributed by atoms with E-state index in [0.29, 0.717) is 6.04 Å². The molecule has 1 aromatic rings. The SMILES string of the molecule is CCNC(=NCC(c1ccc(C)cc1)N(C)C)N1CCCC1.I. The predicted octanol–water partition coefficient (Wildman–Crippen LogP) is 3.28. The van der Waals surface area contributed by atoms with Crippen LogP contribution in [-0.2, 0) is 0 Å². The van der Waals surface area contributed by atoms with Crippen molar-refractivity contribution in [2.45, 2.75) is 32.7 Å². The van der Waals surface area contributed by atoms with E-state index in [4.69, 9.17) is 4.99 Å². The first-order valence-electron chi connectivity index (χ1n) is 8.38. The van der Waals surface area contributed by atoms with Crippen molar-refractivity contribution in [2.75, 3.05) is 40.3 Å². The van der Waals surface area contributed by atoms with E-state index in [1.165, 1.54) is 24.0 Å². The summed E-state index contributed by atoms with van der Waals surface area (Å²) in [5, 5.41) is 3.44. The molecule has 5 heteroatoms. The summed E-state index contributed by atoms with van der Waals surface area (Å²) in [6.45, 7) is 8.23. The highest BCUT2D eigenvalue weighted by molar-refractivity contribution is 14.0. The molecular formula is C18H31IN4. The third kappa shape index (κ3) is 5.95. The molecule has 1 fully saturated rings. The van der Waals surface area contributed by atoms with Crippen LogP contribution in [0.4, 0.5) is 0 Å². The Balaban J connectivity index is 0.00000264. The van der Waals surface area contributed by atoms with Crippen molar-refractivity contribution < 1.29 is 0 Å². The predicted molar refractivity (Wildman–Crippen MR) is 110 cm³/mol. The average Bonchev–Trinajstić information content (AvgIpc) is 3.02. The maximum Gasteiger partial charge on any atom is 0.193 e. The number of nitrogens with one attached hydrogen (secondary N) is 1. The maximum absolute atomic E-state index is 4.91. The molecule has 1 aromatic carbocycles. The molecule has 4 nitrogen and oxygen atoms in total. The van der Waals surface area contributed by atoms with Crippen molar-refractivity contribution in [1.82, 2.24) is 15.1 Å². The van der Waals surface area contributed by atoms with Crippen LogP contribution >= 0.6 is 24.0 Å². The van der Waals surface area contributed by atoms with Gasteiger partial charge in [-0.3, -0.25) is 4.99 Å². The summed E-state index contributed by atoms with van der Waals surface area (Å²) in [6, 6.07) is 9.12. The summed E-state index contributed by atoms with van der Waals surface area (Å²) < 4.78 is 0. The first-order valence-corrected chi connectivity index (χ1v) is 8.38. The van der Waals surface area contributed by atoms with Gasteiger partial charge in [-0.1, -0.05) is 29.8 Å². The number of likely N-dealkylation sites (tertiary alicyclic amines) is 1. The van der Waals surface area contributed by atoms with E-state index in [1.807, 2.05) is 0 Å². The van der Waals surface area contributed by atoms with Crippen LogP contribution in [-0.4, -0.2) is 56.0 Å². The molecule has 1 heterocycles. The number of hydrogen-bond acceptors (Lipinski definition) is 2. The van der Waals surface area contributed by atoms with Crippen LogP contribution in [0.15, 0.2) is 29.3 Å². The number of nitrogens with zero attached hydrogens (tertiary/aromatic N) is 3. The van der Waals surface area contributed by atoms with E-state index in [-0.39, 0.29) is 24.0 Å². The lowest BCUT2D eigenvalue weighted by atomic mass is 10.0. The topological polar surface area (TPSA) is 30.9 Å². The smallest absolute Gasteiger partial charge is 0.193 e. The molecule has 0 bridgehead atoms. The van der Waals surface area contributed by atoms with E-state index >= 15 is 0 Å². The van der Waals surface area contributed by atoms with Crippen molar-refractivity contribution in [2.24, 2.45) is 4.99 Å². The van der Waals surface area contributed by atoms with Gasteiger partial charge in [0, 0.05) is 19.6 Å². The molecule has 0 saturated carbocycles. The van der Waals surface area contributed by atoms with E-state index in [2.05, 4.69) is 67.3 Å². The fraction of sp³-hybridized carbons (Fsp3) is 0.611. The quantitative estimate of drug-likeness (QED) is 0.442. The van der Waals surface area contributed by atoms with Crippen LogP contribution in [0.25, 0.3) is 0 Å². The van der Waals surface area contributed by atoms with Gasteiger partial charge in [-0.25, -0.2) is 0 Å². The Labute approximate surface area is 158 Å². The van der Waals surface area contributed by atoms with Gasteiger partial charge in [0.1, 0.15) is 0 Å². The monoisotopic (exact) mass is 430 g/mol. The molecule has 0 aromatic heterocycles.